The second kappa shape index (κ2) is 8.36. The molecule has 150 valence electrons. The normalized spacial score (nSPS) is 15.9. The molecule has 3 aromatic rings. The van der Waals surface area contributed by atoms with Gasteiger partial charge in [0.2, 0.25) is 5.91 Å². The molecule has 4 rings (SSSR count). The molecule has 9 heteroatoms. The maximum Gasteiger partial charge on any atom is 0.241 e. The predicted molar refractivity (Wildman–Crippen MR) is 107 cm³/mol. The molecule has 0 spiro atoms. The van der Waals surface area contributed by atoms with E-state index in [2.05, 4.69) is 30.2 Å². The Kier molecular flexibility index (Phi) is 5.48. The van der Waals surface area contributed by atoms with Crippen molar-refractivity contribution in [3.63, 3.8) is 0 Å². The van der Waals surface area contributed by atoms with E-state index in [9.17, 15) is 9.18 Å². The molecular formula is C20H22FN7O. The van der Waals surface area contributed by atoms with E-state index in [-0.39, 0.29) is 17.8 Å². The van der Waals surface area contributed by atoms with Gasteiger partial charge in [-0.15, -0.1) is 0 Å². The van der Waals surface area contributed by atoms with Crippen LogP contribution < -0.4 is 10.2 Å². The molecule has 8 nitrogen and oxygen atoms in total. The highest BCUT2D eigenvalue weighted by atomic mass is 19.1. The Morgan fingerprint density at radius 1 is 1.14 bits per heavy atom. The van der Waals surface area contributed by atoms with Crippen molar-refractivity contribution in [1.29, 1.82) is 0 Å². The van der Waals surface area contributed by atoms with Crippen LogP contribution in [0.25, 0.3) is 5.82 Å². The molecule has 0 radical (unpaired) electrons. The fourth-order valence-electron chi connectivity index (χ4n) is 3.33. The van der Waals surface area contributed by atoms with Crippen LogP contribution in [0.2, 0.25) is 0 Å². The number of nitrogens with one attached hydrogen (secondary N) is 1. The van der Waals surface area contributed by atoms with Crippen molar-refractivity contribution in [3.05, 3.63) is 60.9 Å². The quantitative estimate of drug-likeness (QED) is 0.711. The van der Waals surface area contributed by atoms with Gasteiger partial charge >= 0.3 is 0 Å². The van der Waals surface area contributed by atoms with Crippen molar-refractivity contribution < 1.29 is 9.18 Å². The molecule has 1 amide bonds. The number of rotatable bonds is 5. The van der Waals surface area contributed by atoms with Gasteiger partial charge in [0.15, 0.2) is 5.82 Å². The Balaban J connectivity index is 1.35. The average molecular weight is 395 g/mol. The van der Waals surface area contributed by atoms with E-state index in [1.54, 1.807) is 35.4 Å². The Labute approximate surface area is 168 Å². The number of nitrogens with zero attached hydrogens (tertiary/aromatic N) is 6. The number of aromatic nitrogens is 4. The molecule has 1 saturated heterocycles. The zero-order valence-corrected chi connectivity index (χ0v) is 16.1. The van der Waals surface area contributed by atoms with E-state index in [1.807, 2.05) is 19.2 Å². The van der Waals surface area contributed by atoms with Crippen LogP contribution >= 0.6 is 0 Å². The van der Waals surface area contributed by atoms with Gasteiger partial charge in [-0.25, -0.2) is 14.1 Å². The van der Waals surface area contributed by atoms with Crippen LogP contribution in [0.15, 0.2) is 55.1 Å². The van der Waals surface area contributed by atoms with Crippen molar-refractivity contribution >= 4 is 17.4 Å². The standard InChI is InChI=1S/C20H22FN7O/c1-15(20(29)24-17-5-2-4-16(21)12-17)26-8-10-27(11-9-26)18-13-22-14-19(25-18)28-7-3-6-23-28/h2-7,12-15H,8-11H2,1H3,(H,24,29). The highest BCUT2D eigenvalue weighted by molar-refractivity contribution is 5.94. The number of hydrogen-bond acceptors (Lipinski definition) is 6. The van der Waals surface area contributed by atoms with E-state index in [0.29, 0.717) is 24.6 Å². The first-order valence-corrected chi connectivity index (χ1v) is 9.47. The van der Waals surface area contributed by atoms with E-state index in [4.69, 9.17) is 0 Å². The lowest BCUT2D eigenvalue weighted by Crippen LogP contribution is -2.53. The highest BCUT2D eigenvalue weighted by Crippen LogP contribution is 2.17. The van der Waals surface area contributed by atoms with E-state index >= 15 is 0 Å². The van der Waals surface area contributed by atoms with Crippen LogP contribution in [0.3, 0.4) is 0 Å². The van der Waals surface area contributed by atoms with Crippen LogP contribution in [-0.4, -0.2) is 62.8 Å². The highest BCUT2D eigenvalue weighted by Gasteiger charge is 2.26. The van der Waals surface area contributed by atoms with Gasteiger partial charge in [-0.3, -0.25) is 14.7 Å². The van der Waals surface area contributed by atoms with Crippen molar-refractivity contribution in [2.45, 2.75) is 13.0 Å². The lowest BCUT2D eigenvalue weighted by Gasteiger charge is -2.37. The number of halogens is 1. The Morgan fingerprint density at radius 2 is 1.93 bits per heavy atom. The smallest absolute Gasteiger partial charge is 0.241 e. The van der Waals surface area contributed by atoms with Gasteiger partial charge in [-0.05, 0) is 31.2 Å². The fraction of sp³-hybridized carbons (Fsp3) is 0.300. The van der Waals surface area contributed by atoms with Crippen LogP contribution in [0.1, 0.15) is 6.92 Å². The van der Waals surface area contributed by atoms with Crippen LogP contribution in [0.4, 0.5) is 15.9 Å². The van der Waals surface area contributed by atoms with Crippen molar-refractivity contribution in [2.75, 3.05) is 36.4 Å². The molecule has 1 N–H and O–H groups in total. The van der Waals surface area contributed by atoms with Gasteiger partial charge in [0, 0.05) is 44.3 Å². The summed E-state index contributed by atoms with van der Waals surface area (Å²) in [6.45, 7) is 4.75. The minimum absolute atomic E-state index is 0.149. The maximum atomic E-state index is 13.3. The molecule has 0 bridgehead atoms. The third-order valence-electron chi connectivity index (χ3n) is 5.01. The topological polar surface area (TPSA) is 79.2 Å². The van der Waals surface area contributed by atoms with E-state index < -0.39 is 0 Å². The van der Waals surface area contributed by atoms with E-state index in [0.717, 1.165) is 18.9 Å². The van der Waals surface area contributed by atoms with Crippen molar-refractivity contribution in [2.24, 2.45) is 0 Å². The first-order valence-electron chi connectivity index (χ1n) is 9.47. The van der Waals surface area contributed by atoms with Crippen molar-refractivity contribution in [1.82, 2.24) is 24.6 Å². The summed E-state index contributed by atoms with van der Waals surface area (Å²) in [6.07, 6.45) is 6.93. The average Bonchev–Trinajstić information content (AvgIpc) is 3.28. The molecule has 29 heavy (non-hydrogen) atoms. The molecule has 1 aliphatic heterocycles. The third-order valence-corrected chi connectivity index (χ3v) is 5.01. The minimum Gasteiger partial charge on any atom is -0.353 e. The van der Waals surface area contributed by atoms with Crippen LogP contribution in [0.5, 0.6) is 0 Å². The monoisotopic (exact) mass is 395 g/mol. The molecule has 1 unspecified atom stereocenters. The summed E-state index contributed by atoms with van der Waals surface area (Å²) in [5, 5.41) is 6.97. The van der Waals surface area contributed by atoms with Gasteiger partial charge < -0.3 is 10.2 Å². The molecular weight excluding hydrogens is 373 g/mol. The number of carbonyl (C=O) groups is 1. The largest absolute Gasteiger partial charge is 0.353 e. The van der Waals surface area contributed by atoms with Gasteiger partial charge in [-0.2, -0.15) is 5.10 Å². The third kappa shape index (κ3) is 4.40. The summed E-state index contributed by atoms with van der Waals surface area (Å²) in [5.41, 5.74) is 0.464. The number of anilines is 2. The fourth-order valence-corrected chi connectivity index (χ4v) is 3.33. The molecule has 3 heterocycles. The number of hydrogen-bond donors (Lipinski definition) is 1. The Bertz CT molecular complexity index is 970. The minimum atomic E-state index is -0.373. The van der Waals surface area contributed by atoms with Crippen LogP contribution in [0, 0.1) is 5.82 Å². The van der Waals surface area contributed by atoms with Gasteiger partial charge in [-0.1, -0.05) is 6.07 Å². The summed E-state index contributed by atoms with van der Waals surface area (Å²) in [6, 6.07) is 7.44. The van der Waals surface area contributed by atoms with Crippen molar-refractivity contribution in [3.8, 4) is 5.82 Å². The second-order valence-corrected chi connectivity index (χ2v) is 6.88. The Morgan fingerprint density at radius 3 is 2.66 bits per heavy atom. The summed E-state index contributed by atoms with van der Waals surface area (Å²) in [7, 11) is 0. The number of benzene rings is 1. The molecule has 1 atom stereocenters. The number of amides is 1. The van der Waals surface area contributed by atoms with Gasteiger partial charge in [0.05, 0.1) is 18.4 Å². The summed E-state index contributed by atoms with van der Waals surface area (Å²) in [4.78, 5) is 25.7. The maximum absolute atomic E-state index is 13.3. The zero-order chi connectivity index (χ0) is 20.2. The predicted octanol–water partition coefficient (Wildman–Crippen LogP) is 1.95. The SMILES string of the molecule is CC(C(=O)Nc1cccc(F)c1)N1CCN(c2cncc(-n3cccn3)n2)CC1. The van der Waals surface area contributed by atoms with E-state index in [1.165, 1.54) is 12.1 Å². The summed E-state index contributed by atoms with van der Waals surface area (Å²) < 4.78 is 15.0. The molecule has 1 aliphatic rings. The molecule has 1 fully saturated rings. The van der Waals surface area contributed by atoms with Crippen LogP contribution in [-0.2, 0) is 4.79 Å². The number of carbonyl (C=O) groups excluding carboxylic acids is 1. The second-order valence-electron chi connectivity index (χ2n) is 6.88. The molecule has 0 aliphatic carbocycles. The lowest BCUT2D eigenvalue weighted by molar-refractivity contribution is -0.120. The lowest BCUT2D eigenvalue weighted by atomic mass is 10.2. The Hall–Kier alpha value is -3.33. The van der Waals surface area contributed by atoms with Gasteiger partial charge in [0.1, 0.15) is 11.6 Å². The zero-order valence-electron chi connectivity index (χ0n) is 16.1. The first-order chi connectivity index (χ1) is 14.1. The van der Waals surface area contributed by atoms with Gasteiger partial charge in [0.25, 0.3) is 0 Å². The summed E-state index contributed by atoms with van der Waals surface area (Å²) >= 11 is 0. The molecule has 0 saturated carbocycles. The first kappa shape index (κ1) is 19.0. The molecule has 1 aromatic carbocycles. The summed E-state index contributed by atoms with van der Waals surface area (Å²) in [5.74, 6) is 0.930. The molecule has 2 aromatic heterocycles. The number of piperazine rings is 1.